The number of nitro benzene ring substituents is 1. The predicted octanol–water partition coefficient (Wildman–Crippen LogP) is 5.08. The second-order valence-corrected chi connectivity index (χ2v) is 9.81. The summed E-state index contributed by atoms with van der Waals surface area (Å²) in [6, 6.07) is 14.9. The molecule has 2 atom stereocenters. The number of rotatable bonds is 8. The molecule has 3 aromatic rings. The summed E-state index contributed by atoms with van der Waals surface area (Å²) in [4.78, 5) is 42.3. The number of hydrogen-bond acceptors (Lipinski definition) is 6. The van der Waals surface area contributed by atoms with E-state index < -0.39 is 4.92 Å². The number of carbonyl (C=O) groups is 2. The van der Waals surface area contributed by atoms with Crippen LogP contribution < -0.4 is 4.74 Å². The number of fused-ring (bicyclic) bond motifs is 1. The summed E-state index contributed by atoms with van der Waals surface area (Å²) in [5, 5.41) is 13.1. The third kappa shape index (κ3) is 5.11. The van der Waals surface area contributed by atoms with E-state index >= 15 is 0 Å². The summed E-state index contributed by atoms with van der Waals surface area (Å²) < 4.78 is 5.31. The van der Waals surface area contributed by atoms with Gasteiger partial charge in [-0.2, -0.15) is 0 Å². The lowest BCUT2D eigenvalue weighted by Crippen LogP contribution is -2.49. The lowest BCUT2D eigenvalue weighted by Gasteiger charge is -2.38. The van der Waals surface area contributed by atoms with E-state index in [1.54, 1.807) is 23.3 Å². The molecule has 1 aromatic heterocycles. The summed E-state index contributed by atoms with van der Waals surface area (Å²) in [6.07, 6.45) is 1.44. The predicted molar refractivity (Wildman–Crippen MR) is 138 cm³/mol. The zero-order valence-corrected chi connectivity index (χ0v) is 21.4. The van der Waals surface area contributed by atoms with E-state index in [2.05, 4.69) is 11.4 Å². The Kier molecular flexibility index (Phi) is 7.69. The van der Waals surface area contributed by atoms with E-state index in [1.807, 2.05) is 43.0 Å². The van der Waals surface area contributed by atoms with Crippen molar-refractivity contribution in [1.29, 1.82) is 0 Å². The van der Waals surface area contributed by atoms with Gasteiger partial charge in [0.1, 0.15) is 12.3 Å². The van der Waals surface area contributed by atoms with E-state index in [9.17, 15) is 19.7 Å². The monoisotopic (exact) mass is 507 g/mol. The SMILES string of the molecule is CCC(C)N(CC(=O)N1CCc2sccc2C1c1ccc(OC)cc1)C(=O)c1ccc([N+](=O)[O-])cc1. The average Bonchev–Trinajstić information content (AvgIpc) is 3.39. The van der Waals surface area contributed by atoms with Crippen LogP contribution in [0.15, 0.2) is 60.0 Å². The number of thiophene rings is 1. The highest BCUT2D eigenvalue weighted by molar-refractivity contribution is 7.10. The Labute approximate surface area is 214 Å². The van der Waals surface area contributed by atoms with E-state index in [0.717, 1.165) is 23.3 Å². The van der Waals surface area contributed by atoms with Crippen LogP contribution in [0.4, 0.5) is 5.69 Å². The average molecular weight is 508 g/mol. The first kappa shape index (κ1) is 25.4. The van der Waals surface area contributed by atoms with Crippen LogP contribution in [0.25, 0.3) is 0 Å². The topological polar surface area (TPSA) is 93.0 Å². The second-order valence-electron chi connectivity index (χ2n) is 8.81. The van der Waals surface area contributed by atoms with Crippen LogP contribution in [0.2, 0.25) is 0 Å². The van der Waals surface area contributed by atoms with Crippen molar-refractivity contribution in [3.63, 3.8) is 0 Å². The third-order valence-electron chi connectivity index (χ3n) is 6.73. The van der Waals surface area contributed by atoms with Gasteiger partial charge in [-0.25, -0.2) is 0 Å². The first-order valence-corrected chi connectivity index (χ1v) is 12.8. The quantitative estimate of drug-likeness (QED) is 0.313. The summed E-state index contributed by atoms with van der Waals surface area (Å²) in [5.41, 5.74) is 2.33. The summed E-state index contributed by atoms with van der Waals surface area (Å²) in [5.74, 6) is 0.291. The van der Waals surface area contributed by atoms with Gasteiger partial charge in [0.25, 0.3) is 11.6 Å². The number of nitrogens with zero attached hydrogens (tertiary/aromatic N) is 3. The van der Waals surface area contributed by atoms with Crippen molar-refractivity contribution in [2.45, 2.75) is 38.8 Å². The van der Waals surface area contributed by atoms with Crippen molar-refractivity contribution >= 4 is 28.8 Å². The van der Waals surface area contributed by atoms with Crippen molar-refractivity contribution in [1.82, 2.24) is 9.80 Å². The number of nitro groups is 1. The zero-order valence-electron chi connectivity index (χ0n) is 20.5. The van der Waals surface area contributed by atoms with Gasteiger partial charge in [-0.1, -0.05) is 19.1 Å². The highest BCUT2D eigenvalue weighted by Gasteiger charge is 2.35. The molecule has 1 aliphatic rings. The summed E-state index contributed by atoms with van der Waals surface area (Å²) >= 11 is 1.70. The highest BCUT2D eigenvalue weighted by Crippen LogP contribution is 2.38. The highest BCUT2D eigenvalue weighted by atomic mass is 32.1. The Morgan fingerprint density at radius 1 is 1.17 bits per heavy atom. The Hall–Kier alpha value is -3.72. The van der Waals surface area contributed by atoms with Gasteiger partial charge in [-0.15, -0.1) is 11.3 Å². The fourth-order valence-electron chi connectivity index (χ4n) is 4.51. The van der Waals surface area contributed by atoms with E-state index in [0.29, 0.717) is 18.5 Å². The standard InChI is InChI=1S/C27H29N3O5S/c1-4-18(2)29(27(32)20-5-9-21(10-6-20)30(33)34)17-25(31)28-15-13-24-23(14-16-36-24)26(28)19-7-11-22(35-3)12-8-19/h5-12,14,16,18,26H,4,13,15,17H2,1-3H3. The van der Waals surface area contributed by atoms with Crippen LogP contribution in [-0.4, -0.2) is 52.8 Å². The molecule has 2 amide bonds. The second kappa shape index (κ2) is 10.9. The Balaban J connectivity index is 1.62. The fraction of sp³-hybridized carbons (Fsp3) is 0.333. The van der Waals surface area contributed by atoms with Crippen LogP contribution >= 0.6 is 11.3 Å². The lowest BCUT2D eigenvalue weighted by molar-refractivity contribution is -0.384. The molecule has 36 heavy (non-hydrogen) atoms. The Morgan fingerprint density at radius 2 is 1.86 bits per heavy atom. The maximum atomic E-state index is 13.8. The van der Waals surface area contributed by atoms with Crippen molar-refractivity contribution in [2.75, 3.05) is 20.2 Å². The van der Waals surface area contributed by atoms with E-state index in [4.69, 9.17) is 4.74 Å². The molecule has 0 spiro atoms. The van der Waals surface area contributed by atoms with Gasteiger partial charge in [0.2, 0.25) is 5.91 Å². The number of hydrogen-bond donors (Lipinski definition) is 0. The number of carbonyl (C=O) groups excluding carboxylic acids is 2. The smallest absolute Gasteiger partial charge is 0.269 e. The number of methoxy groups -OCH3 is 1. The van der Waals surface area contributed by atoms with Crippen LogP contribution in [0.3, 0.4) is 0 Å². The normalized spacial score (nSPS) is 15.6. The first-order chi connectivity index (χ1) is 17.3. The molecular weight excluding hydrogens is 478 g/mol. The van der Waals surface area contributed by atoms with Crippen LogP contribution in [0.1, 0.15) is 52.7 Å². The van der Waals surface area contributed by atoms with Gasteiger partial charge >= 0.3 is 0 Å². The Bertz CT molecular complexity index is 1240. The molecule has 0 saturated carbocycles. The van der Waals surface area contributed by atoms with Gasteiger partial charge in [0.15, 0.2) is 0 Å². The van der Waals surface area contributed by atoms with Crippen LogP contribution in [-0.2, 0) is 11.2 Å². The molecule has 1 aliphatic heterocycles. The van der Waals surface area contributed by atoms with Gasteiger partial charge in [0, 0.05) is 35.2 Å². The molecule has 2 heterocycles. The first-order valence-electron chi connectivity index (χ1n) is 11.9. The number of ether oxygens (including phenoxy) is 1. The fourth-order valence-corrected chi connectivity index (χ4v) is 5.41. The molecule has 2 unspecified atom stereocenters. The summed E-state index contributed by atoms with van der Waals surface area (Å²) in [7, 11) is 1.62. The summed E-state index contributed by atoms with van der Waals surface area (Å²) in [6.45, 7) is 4.36. The molecule has 0 fully saturated rings. The van der Waals surface area contributed by atoms with Gasteiger partial charge in [-0.05, 0) is 66.6 Å². The molecule has 0 N–H and O–H groups in total. The van der Waals surface area contributed by atoms with Gasteiger partial charge in [-0.3, -0.25) is 19.7 Å². The molecule has 0 saturated heterocycles. The molecule has 0 aliphatic carbocycles. The number of benzene rings is 2. The minimum Gasteiger partial charge on any atom is -0.497 e. The van der Waals surface area contributed by atoms with Crippen molar-refractivity contribution in [2.24, 2.45) is 0 Å². The van der Waals surface area contributed by atoms with E-state index in [1.165, 1.54) is 29.1 Å². The Morgan fingerprint density at radius 3 is 2.47 bits per heavy atom. The van der Waals surface area contributed by atoms with Crippen LogP contribution in [0, 0.1) is 10.1 Å². The van der Waals surface area contributed by atoms with Crippen molar-refractivity contribution < 1.29 is 19.2 Å². The van der Waals surface area contributed by atoms with Crippen LogP contribution in [0.5, 0.6) is 5.75 Å². The third-order valence-corrected chi connectivity index (χ3v) is 7.73. The lowest BCUT2D eigenvalue weighted by atomic mass is 9.93. The molecule has 2 aromatic carbocycles. The van der Waals surface area contributed by atoms with Gasteiger partial charge in [0.05, 0.1) is 18.1 Å². The maximum absolute atomic E-state index is 13.8. The molecule has 4 rings (SSSR count). The molecule has 0 radical (unpaired) electrons. The van der Waals surface area contributed by atoms with Crippen molar-refractivity contribution in [3.05, 3.63) is 91.7 Å². The van der Waals surface area contributed by atoms with Gasteiger partial charge < -0.3 is 14.5 Å². The minimum atomic E-state index is -0.501. The molecule has 8 nitrogen and oxygen atoms in total. The maximum Gasteiger partial charge on any atom is 0.269 e. The molecule has 0 bridgehead atoms. The van der Waals surface area contributed by atoms with E-state index in [-0.39, 0.29) is 36.1 Å². The molecule has 9 heteroatoms. The number of non-ortho nitro benzene ring substituents is 1. The molecular formula is C27H29N3O5S. The minimum absolute atomic E-state index is 0.0725. The zero-order chi connectivity index (χ0) is 25.8. The van der Waals surface area contributed by atoms with Crippen molar-refractivity contribution in [3.8, 4) is 5.75 Å². The largest absolute Gasteiger partial charge is 0.497 e. The molecule has 188 valence electrons. The number of amides is 2.